The van der Waals surface area contributed by atoms with Gasteiger partial charge in [-0.2, -0.15) is 0 Å². The van der Waals surface area contributed by atoms with Crippen molar-refractivity contribution in [2.24, 2.45) is 5.73 Å². The van der Waals surface area contributed by atoms with Gasteiger partial charge >= 0.3 is 0 Å². The van der Waals surface area contributed by atoms with Crippen molar-refractivity contribution in [1.82, 2.24) is 0 Å². The highest BCUT2D eigenvalue weighted by molar-refractivity contribution is 5.20. The molecule has 0 radical (unpaired) electrons. The average Bonchev–Trinajstić information content (AvgIpc) is 2.20. The largest absolute Gasteiger partial charge is 0.494 e. The minimum Gasteiger partial charge on any atom is -0.494 e. The number of nitrogens with two attached hydrogens (primary N) is 1. The van der Waals surface area contributed by atoms with Gasteiger partial charge in [-0.25, -0.2) is 0 Å². The summed E-state index contributed by atoms with van der Waals surface area (Å²) < 4.78 is 5.51. The summed E-state index contributed by atoms with van der Waals surface area (Å²) >= 11 is 0. The van der Waals surface area contributed by atoms with E-state index in [-0.39, 0.29) is 6.04 Å². The lowest BCUT2D eigenvalue weighted by atomic mass is 10.1. The number of benzene rings is 1. The SMILES string of the molecule is C=CCC(N)CCOc1ccccc1. The van der Waals surface area contributed by atoms with E-state index in [4.69, 9.17) is 10.5 Å². The Bertz CT molecular complexity index is 258. The smallest absolute Gasteiger partial charge is 0.119 e. The van der Waals surface area contributed by atoms with Crippen molar-refractivity contribution in [3.8, 4) is 5.75 Å². The molecule has 0 amide bonds. The summed E-state index contributed by atoms with van der Waals surface area (Å²) in [6.45, 7) is 4.31. The van der Waals surface area contributed by atoms with Crippen LogP contribution in [-0.2, 0) is 0 Å². The minimum absolute atomic E-state index is 0.163. The number of para-hydroxylation sites is 1. The zero-order valence-electron chi connectivity index (χ0n) is 8.36. The zero-order valence-corrected chi connectivity index (χ0v) is 8.36. The Hall–Kier alpha value is -1.28. The van der Waals surface area contributed by atoms with E-state index >= 15 is 0 Å². The number of hydrogen-bond donors (Lipinski definition) is 1. The van der Waals surface area contributed by atoms with Crippen molar-refractivity contribution < 1.29 is 4.74 Å². The van der Waals surface area contributed by atoms with Gasteiger partial charge in [-0.05, 0) is 25.0 Å². The van der Waals surface area contributed by atoms with E-state index < -0.39 is 0 Å². The molecule has 0 bridgehead atoms. The Balaban J connectivity index is 2.18. The molecule has 0 aliphatic heterocycles. The fraction of sp³-hybridized carbons (Fsp3) is 0.333. The molecule has 0 fully saturated rings. The van der Waals surface area contributed by atoms with Gasteiger partial charge in [0.1, 0.15) is 5.75 Å². The molecule has 0 heterocycles. The summed E-state index contributed by atoms with van der Waals surface area (Å²) in [5, 5.41) is 0. The Kier molecular flexibility index (Phi) is 4.79. The van der Waals surface area contributed by atoms with Crippen molar-refractivity contribution in [3.05, 3.63) is 43.0 Å². The van der Waals surface area contributed by atoms with Gasteiger partial charge in [0, 0.05) is 6.04 Å². The first-order valence-electron chi connectivity index (χ1n) is 4.87. The lowest BCUT2D eigenvalue weighted by Crippen LogP contribution is -2.21. The molecule has 2 heteroatoms. The first-order chi connectivity index (χ1) is 6.83. The van der Waals surface area contributed by atoms with E-state index in [0.717, 1.165) is 18.6 Å². The van der Waals surface area contributed by atoms with Gasteiger partial charge in [0.05, 0.1) is 6.61 Å². The van der Waals surface area contributed by atoms with Crippen LogP contribution in [0.25, 0.3) is 0 Å². The highest BCUT2D eigenvalue weighted by Gasteiger charge is 1.99. The number of hydrogen-bond acceptors (Lipinski definition) is 2. The maximum atomic E-state index is 5.80. The normalized spacial score (nSPS) is 12.1. The third kappa shape index (κ3) is 4.10. The Morgan fingerprint density at radius 2 is 2.07 bits per heavy atom. The fourth-order valence-corrected chi connectivity index (χ4v) is 1.18. The van der Waals surface area contributed by atoms with Gasteiger partial charge in [-0.15, -0.1) is 6.58 Å². The molecule has 76 valence electrons. The van der Waals surface area contributed by atoms with E-state index in [9.17, 15) is 0 Å². The second-order valence-corrected chi connectivity index (χ2v) is 3.23. The zero-order chi connectivity index (χ0) is 10.2. The molecule has 0 aliphatic carbocycles. The van der Waals surface area contributed by atoms with E-state index in [1.807, 2.05) is 36.4 Å². The van der Waals surface area contributed by atoms with Crippen molar-refractivity contribution in [1.29, 1.82) is 0 Å². The molecule has 2 N–H and O–H groups in total. The van der Waals surface area contributed by atoms with Crippen LogP contribution >= 0.6 is 0 Å². The van der Waals surface area contributed by atoms with Crippen LogP contribution in [-0.4, -0.2) is 12.6 Å². The second kappa shape index (κ2) is 6.22. The van der Waals surface area contributed by atoms with Crippen LogP contribution < -0.4 is 10.5 Å². The van der Waals surface area contributed by atoms with Crippen LogP contribution in [0.4, 0.5) is 0 Å². The molecule has 1 unspecified atom stereocenters. The maximum absolute atomic E-state index is 5.80. The molecule has 0 saturated carbocycles. The first-order valence-corrected chi connectivity index (χ1v) is 4.87. The second-order valence-electron chi connectivity index (χ2n) is 3.23. The third-order valence-corrected chi connectivity index (χ3v) is 1.97. The minimum atomic E-state index is 0.163. The molecule has 1 aromatic rings. The molecule has 14 heavy (non-hydrogen) atoms. The standard InChI is InChI=1S/C12H17NO/c1-2-6-11(13)9-10-14-12-7-4-3-5-8-12/h2-5,7-8,11H,1,6,9-10,13H2. The van der Waals surface area contributed by atoms with Crippen LogP contribution in [0.2, 0.25) is 0 Å². The van der Waals surface area contributed by atoms with Crippen LogP contribution in [0.5, 0.6) is 5.75 Å². The van der Waals surface area contributed by atoms with Crippen LogP contribution in [0.15, 0.2) is 43.0 Å². The van der Waals surface area contributed by atoms with E-state index in [2.05, 4.69) is 6.58 Å². The first kappa shape index (κ1) is 10.8. The van der Waals surface area contributed by atoms with Crippen molar-refractivity contribution in [2.45, 2.75) is 18.9 Å². The van der Waals surface area contributed by atoms with E-state index in [1.54, 1.807) is 0 Å². The van der Waals surface area contributed by atoms with Crippen LogP contribution in [0.1, 0.15) is 12.8 Å². The predicted molar refractivity (Wildman–Crippen MR) is 59.3 cm³/mol. The maximum Gasteiger partial charge on any atom is 0.119 e. The summed E-state index contributed by atoms with van der Waals surface area (Å²) in [7, 11) is 0. The highest BCUT2D eigenvalue weighted by atomic mass is 16.5. The lowest BCUT2D eigenvalue weighted by molar-refractivity contribution is 0.298. The summed E-state index contributed by atoms with van der Waals surface area (Å²) in [6, 6.07) is 9.93. The topological polar surface area (TPSA) is 35.2 Å². The monoisotopic (exact) mass is 191 g/mol. The molecule has 1 rings (SSSR count). The summed E-state index contributed by atoms with van der Waals surface area (Å²) in [5.74, 6) is 0.901. The van der Waals surface area contributed by atoms with Gasteiger partial charge in [0.15, 0.2) is 0 Å². The molecule has 2 nitrogen and oxygen atoms in total. The fourth-order valence-electron chi connectivity index (χ4n) is 1.18. The molecule has 0 spiro atoms. The molecule has 1 atom stereocenters. The summed E-state index contributed by atoms with van der Waals surface area (Å²) in [6.07, 6.45) is 3.55. The third-order valence-electron chi connectivity index (χ3n) is 1.97. The Morgan fingerprint density at radius 3 is 2.71 bits per heavy atom. The summed E-state index contributed by atoms with van der Waals surface area (Å²) in [4.78, 5) is 0. The average molecular weight is 191 g/mol. The molecule has 0 saturated heterocycles. The highest BCUT2D eigenvalue weighted by Crippen LogP contribution is 2.08. The van der Waals surface area contributed by atoms with Crippen molar-refractivity contribution in [2.75, 3.05) is 6.61 Å². The number of ether oxygens (including phenoxy) is 1. The van der Waals surface area contributed by atoms with Gasteiger partial charge < -0.3 is 10.5 Å². The predicted octanol–water partition coefficient (Wildman–Crippen LogP) is 2.36. The van der Waals surface area contributed by atoms with Gasteiger partial charge in [0.2, 0.25) is 0 Å². The van der Waals surface area contributed by atoms with Gasteiger partial charge in [-0.1, -0.05) is 24.3 Å². The Morgan fingerprint density at radius 1 is 1.36 bits per heavy atom. The lowest BCUT2D eigenvalue weighted by Gasteiger charge is -2.10. The summed E-state index contributed by atoms with van der Waals surface area (Å²) in [5.41, 5.74) is 5.80. The molecule has 0 aliphatic rings. The molecule has 0 aromatic heterocycles. The van der Waals surface area contributed by atoms with Crippen molar-refractivity contribution >= 4 is 0 Å². The Labute approximate surface area is 85.4 Å². The molecular formula is C12H17NO. The van der Waals surface area contributed by atoms with Crippen LogP contribution in [0, 0.1) is 0 Å². The molecule has 1 aromatic carbocycles. The molecular weight excluding hydrogens is 174 g/mol. The van der Waals surface area contributed by atoms with Crippen LogP contribution in [0.3, 0.4) is 0 Å². The van der Waals surface area contributed by atoms with E-state index in [0.29, 0.717) is 6.61 Å². The van der Waals surface area contributed by atoms with Gasteiger partial charge in [-0.3, -0.25) is 0 Å². The number of rotatable bonds is 6. The quantitative estimate of drug-likeness (QED) is 0.700. The van der Waals surface area contributed by atoms with E-state index in [1.165, 1.54) is 0 Å². The van der Waals surface area contributed by atoms with Crippen molar-refractivity contribution in [3.63, 3.8) is 0 Å². The van der Waals surface area contributed by atoms with Gasteiger partial charge in [0.25, 0.3) is 0 Å².